The van der Waals surface area contributed by atoms with Gasteiger partial charge in [0.2, 0.25) is 5.89 Å². The van der Waals surface area contributed by atoms with Crippen molar-refractivity contribution in [2.75, 3.05) is 0 Å². The molecule has 0 aliphatic rings. The normalized spacial score (nSPS) is 11.8. The highest BCUT2D eigenvalue weighted by Gasteiger charge is 2.10. The highest BCUT2D eigenvalue weighted by Crippen LogP contribution is 2.29. The van der Waals surface area contributed by atoms with Gasteiger partial charge < -0.3 is 14.6 Å². The van der Waals surface area contributed by atoms with E-state index in [0.717, 1.165) is 21.5 Å². The van der Waals surface area contributed by atoms with E-state index in [-0.39, 0.29) is 17.5 Å². The van der Waals surface area contributed by atoms with Gasteiger partial charge in [-0.05, 0) is 51.9 Å². The number of aromatic nitrogens is 2. The van der Waals surface area contributed by atoms with Crippen molar-refractivity contribution in [3.8, 4) is 23.0 Å². The Labute approximate surface area is 211 Å². The fourth-order valence-electron chi connectivity index (χ4n) is 4.20. The summed E-state index contributed by atoms with van der Waals surface area (Å²) in [4.78, 5) is 8.85. The number of nitrogens with zero attached hydrogens (tertiary/aromatic N) is 4. The van der Waals surface area contributed by atoms with Crippen molar-refractivity contribution in [3.05, 3.63) is 108 Å². The van der Waals surface area contributed by atoms with Gasteiger partial charge in [-0.3, -0.25) is 4.99 Å². The maximum absolute atomic E-state index is 10.4. The van der Waals surface area contributed by atoms with Gasteiger partial charge >= 0.3 is 6.01 Å². The van der Waals surface area contributed by atoms with E-state index in [1.54, 1.807) is 18.3 Å². The maximum atomic E-state index is 10.4. The number of rotatable bonds is 5. The summed E-state index contributed by atoms with van der Waals surface area (Å²) in [5.41, 5.74) is 2.56. The Morgan fingerprint density at radius 2 is 1.24 bits per heavy atom. The number of aliphatic imine (C=N–C) groups is 2. The molecule has 1 heterocycles. The minimum Gasteiger partial charge on any atom is -0.507 e. The third kappa shape index (κ3) is 4.41. The van der Waals surface area contributed by atoms with Gasteiger partial charge in [-0.2, -0.15) is 0 Å². The molecular weight excluding hydrogens is 464 g/mol. The van der Waals surface area contributed by atoms with E-state index < -0.39 is 0 Å². The monoisotopic (exact) mass is 484 g/mol. The van der Waals surface area contributed by atoms with E-state index in [4.69, 9.17) is 4.42 Å². The molecule has 0 atom stereocenters. The number of fused-ring (bicyclic) bond motifs is 2. The fraction of sp³-hybridized carbons (Fsp3) is 0. The Hall–Kier alpha value is -5.30. The summed E-state index contributed by atoms with van der Waals surface area (Å²) < 4.78 is 5.74. The summed E-state index contributed by atoms with van der Waals surface area (Å²) in [7, 11) is 0. The van der Waals surface area contributed by atoms with Crippen LogP contribution in [-0.2, 0) is 0 Å². The summed E-state index contributed by atoms with van der Waals surface area (Å²) in [6.45, 7) is 0. The van der Waals surface area contributed by atoms with Crippen molar-refractivity contribution in [1.82, 2.24) is 10.2 Å². The molecule has 0 fully saturated rings. The fourth-order valence-corrected chi connectivity index (χ4v) is 4.20. The number of phenols is 2. The second kappa shape index (κ2) is 9.39. The highest BCUT2D eigenvalue weighted by molar-refractivity contribution is 6.03. The molecular formula is C30H20N4O3. The quantitative estimate of drug-likeness (QED) is 0.258. The first-order valence-corrected chi connectivity index (χ1v) is 11.6. The second-order valence-corrected chi connectivity index (χ2v) is 8.40. The predicted octanol–water partition coefficient (Wildman–Crippen LogP) is 6.96. The average Bonchev–Trinajstić information content (AvgIpc) is 3.41. The maximum Gasteiger partial charge on any atom is 0.342 e. The van der Waals surface area contributed by atoms with Gasteiger partial charge in [-0.25, -0.2) is 4.99 Å². The minimum absolute atomic E-state index is 0.0666. The minimum atomic E-state index is 0.0666. The van der Waals surface area contributed by atoms with Crippen molar-refractivity contribution < 1.29 is 14.6 Å². The van der Waals surface area contributed by atoms with Crippen LogP contribution in [0.4, 0.5) is 11.7 Å². The van der Waals surface area contributed by atoms with Crippen molar-refractivity contribution in [3.63, 3.8) is 0 Å². The molecule has 37 heavy (non-hydrogen) atoms. The molecule has 0 bridgehead atoms. The van der Waals surface area contributed by atoms with E-state index in [0.29, 0.717) is 28.3 Å². The zero-order valence-electron chi connectivity index (χ0n) is 19.5. The third-order valence-electron chi connectivity index (χ3n) is 6.05. The van der Waals surface area contributed by atoms with E-state index >= 15 is 0 Å². The van der Waals surface area contributed by atoms with Gasteiger partial charge in [0, 0.05) is 29.1 Å². The first kappa shape index (κ1) is 22.2. The molecule has 1 aromatic heterocycles. The lowest BCUT2D eigenvalue weighted by atomic mass is 10.0. The van der Waals surface area contributed by atoms with Crippen LogP contribution in [0.5, 0.6) is 11.5 Å². The molecule has 0 unspecified atom stereocenters. The summed E-state index contributed by atoms with van der Waals surface area (Å²) in [6, 6.07) is 30.0. The Kier molecular flexibility index (Phi) is 5.63. The molecule has 6 rings (SSSR count). The van der Waals surface area contributed by atoms with Gasteiger partial charge in [0.05, 0.1) is 5.69 Å². The number of hydrogen-bond acceptors (Lipinski definition) is 7. The molecule has 0 amide bonds. The molecule has 5 aromatic carbocycles. The number of aromatic hydroxyl groups is 2. The van der Waals surface area contributed by atoms with Gasteiger partial charge in [0.15, 0.2) is 0 Å². The van der Waals surface area contributed by atoms with Crippen LogP contribution in [0.25, 0.3) is 33.0 Å². The molecule has 0 spiro atoms. The Morgan fingerprint density at radius 3 is 1.92 bits per heavy atom. The third-order valence-corrected chi connectivity index (χ3v) is 6.05. The van der Waals surface area contributed by atoms with E-state index in [1.807, 2.05) is 84.9 Å². The van der Waals surface area contributed by atoms with Crippen LogP contribution in [0.15, 0.2) is 111 Å². The number of hydrogen-bond donors (Lipinski definition) is 2. The van der Waals surface area contributed by atoms with Gasteiger partial charge in [0.1, 0.15) is 11.5 Å². The second-order valence-electron chi connectivity index (χ2n) is 8.40. The molecule has 0 aliphatic carbocycles. The lowest BCUT2D eigenvalue weighted by molar-refractivity contribution is 0.475. The van der Waals surface area contributed by atoms with Crippen molar-refractivity contribution in [1.29, 1.82) is 0 Å². The van der Waals surface area contributed by atoms with Crippen molar-refractivity contribution >= 4 is 45.7 Å². The van der Waals surface area contributed by atoms with Crippen LogP contribution in [0.2, 0.25) is 0 Å². The first-order chi connectivity index (χ1) is 18.2. The summed E-state index contributed by atoms with van der Waals surface area (Å²) >= 11 is 0. The molecule has 6 aromatic rings. The van der Waals surface area contributed by atoms with E-state index in [9.17, 15) is 10.2 Å². The van der Waals surface area contributed by atoms with Crippen LogP contribution >= 0.6 is 0 Å². The predicted molar refractivity (Wildman–Crippen MR) is 145 cm³/mol. The smallest absolute Gasteiger partial charge is 0.342 e. The molecule has 0 radical (unpaired) electrons. The molecule has 7 heteroatoms. The van der Waals surface area contributed by atoms with Crippen molar-refractivity contribution in [2.24, 2.45) is 9.98 Å². The van der Waals surface area contributed by atoms with Gasteiger partial charge in [0.25, 0.3) is 0 Å². The zero-order valence-corrected chi connectivity index (χ0v) is 19.5. The SMILES string of the molecule is Oc1ccc2ccccc2c1C=Nc1cccc(-c2nnc(N=Cc3c(O)ccc4ccccc34)o2)c1. The first-order valence-electron chi connectivity index (χ1n) is 11.6. The molecule has 0 saturated heterocycles. The van der Waals surface area contributed by atoms with E-state index in [1.165, 1.54) is 6.21 Å². The van der Waals surface area contributed by atoms with Crippen LogP contribution in [0.1, 0.15) is 11.1 Å². The number of benzene rings is 5. The zero-order chi connectivity index (χ0) is 25.2. The Balaban J connectivity index is 1.27. The summed E-state index contributed by atoms with van der Waals surface area (Å²) in [5, 5.41) is 32.6. The topological polar surface area (TPSA) is 104 Å². The van der Waals surface area contributed by atoms with Crippen LogP contribution < -0.4 is 0 Å². The molecule has 178 valence electrons. The molecule has 0 saturated carbocycles. The number of phenolic OH excluding ortho intramolecular Hbond substituents is 2. The molecule has 0 aliphatic heterocycles. The highest BCUT2D eigenvalue weighted by atomic mass is 16.4. The van der Waals surface area contributed by atoms with Crippen LogP contribution in [-0.4, -0.2) is 32.8 Å². The largest absolute Gasteiger partial charge is 0.507 e. The Bertz CT molecular complexity index is 1820. The van der Waals surface area contributed by atoms with Crippen LogP contribution in [0, 0.1) is 0 Å². The van der Waals surface area contributed by atoms with Crippen LogP contribution in [0.3, 0.4) is 0 Å². The molecule has 7 nitrogen and oxygen atoms in total. The summed E-state index contributed by atoms with van der Waals surface area (Å²) in [5.74, 6) is 0.569. The van der Waals surface area contributed by atoms with E-state index in [2.05, 4.69) is 20.2 Å². The van der Waals surface area contributed by atoms with Gasteiger partial charge in [-0.15, -0.1) is 5.10 Å². The average molecular weight is 485 g/mol. The van der Waals surface area contributed by atoms with Gasteiger partial charge in [-0.1, -0.05) is 71.8 Å². The molecule has 2 N–H and O–H groups in total. The lowest BCUT2D eigenvalue weighted by Crippen LogP contribution is -1.86. The summed E-state index contributed by atoms with van der Waals surface area (Å²) in [6.07, 6.45) is 3.17. The lowest BCUT2D eigenvalue weighted by Gasteiger charge is -2.04. The van der Waals surface area contributed by atoms with Crippen molar-refractivity contribution in [2.45, 2.75) is 0 Å². The Morgan fingerprint density at radius 1 is 0.622 bits per heavy atom. The standard InChI is InChI=1S/C30H20N4O3/c35-27-14-12-19-6-1-3-10-23(19)25(27)17-31-22-9-5-8-21(16-22)29-33-34-30(37-29)32-18-26-24-11-4-2-7-20(24)13-15-28(26)36/h1-18,35-36H.